The van der Waals surface area contributed by atoms with Crippen LogP contribution in [0.5, 0.6) is 5.75 Å². The highest BCUT2D eigenvalue weighted by Crippen LogP contribution is 2.22. The van der Waals surface area contributed by atoms with Gasteiger partial charge in [-0.15, -0.1) is 0 Å². The molecule has 0 saturated carbocycles. The zero-order valence-corrected chi connectivity index (χ0v) is 14.9. The average Bonchev–Trinajstić information content (AvgIpc) is 2.46. The lowest BCUT2D eigenvalue weighted by atomic mass is 10.1. The van der Waals surface area contributed by atoms with Crippen LogP contribution in [0.1, 0.15) is 42.7 Å². The van der Waals surface area contributed by atoms with Crippen molar-refractivity contribution in [1.29, 1.82) is 0 Å². The van der Waals surface area contributed by atoms with E-state index >= 15 is 0 Å². The molecule has 3 nitrogen and oxygen atoms in total. The standard InChI is InChI=1S/C18H19BrFNO2/c1-11(2)23-15-6-4-5-13(9-15)12(3)21-18(22)16-8-7-14(20)10-17(16)19/h4-12H,1-3H3,(H,21,22). The number of hydrogen-bond acceptors (Lipinski definition) is 2. The summed E-state index contributed by atoms with van der Waals surface area (Å²) in [6.45, 7) is 5.82. The highest BCUT2D eigenvalue weighted by molar-refractivity contribution is 9.10. The van der Waals surface area contributed by atoms with Crippen LogP contribution in [0.15, 0.2) is 46.9 Å². The van der Waals surface area contributed by atoms with E-state index in [-0.39, 0.29) is 23.9 Å². The van der Waals surface area contributed by atoms with Crippen LogP contribution in [0.3, 0.4) is 0 Å². The van der Waals surface area contributed by atoms with Crippen molar-refractivity contribution in [2.45, 2.75) is 32.9 Å². The van der Waals surface area contributed by atoms with Gasteiger partial charge in [0.25, 0.3) is 5.91 Å². The maximum Gasteiger partial charge on any atom is 0.252 e. The van der Waals surface area contributed by atoms with Gasteiger partial charge in [0, 0.05) is 4.47 Å². The topological polar surface area (TPSA) is 38.3 Å². The smallest absolute Gasteiger partial charge is 0.252 e. The molecule has 0 aromatic heterocycles. The predicted octanol–water partition coefficient (Wildman–Crippen LogP) is 4.87. The molecule has 2 rings (SSSR count). The molecule has 2 aromatic rings. The first-order chi connectivity index (χ1) is 10.9. The van der Waals surface area contributed by atoms with Gasteiger partial charge >= 0.3 is 0 Å². The van der Waals surface area contributed by atoms with Crippen LogP contribution in [0.4, 0.5) is 4.39 Å². The zero-order chi connectivity index (χ0) is 17.0. The molecule has 1 N–H and O–H groups in total. The molecule has 0 aliphatic carbocycles. The second-order valence-corrected chi connectivity index (χ2v) is 6.41. The molecule has 0 spiro atoms. The average molecular weight is 380 g/mol. The predicted molar refractivity (Wildman–Crippen MR) is 92.2 cm³/mol. The van der Waals surface area contributed by atoms with E-state index < -0.39 is 0 Å². The van der Waals surface area contributed by atoms with Crippen LogP contribution >= 0.6 is 15.9 Å². The van der Waals surface area contributed by atoms with Crippen LogP contribution in [-0.4, -0.2) is 12.0 Å². The van der Waals surface area contributed by atoms with Crippen molar-refractivity contribution in [2.24, 2.45) is 0 Å². The van der Waals surface area contributed by atoms with Gasteiger partial charge in [0.2, 0.25) is 0 Å². The van der Waals surface area contributed by atoms with Crippen LogP contribution in [0, 0.1) is 5.82 Å². The summed E-state index contributed by atoms with van der Waals surface area (Å²) in [6, 6.07) is 11.4. The van der Waals surface area contributed by atoms with Gasteiger partial charge in [-0.1, -0.05) is 12.1 Å². The van der Waals surface area contributed by atoms with Gasteiger partial charge in [-0.3, -0.25) is 4.79 Å². The van der Waals surface area contributed by atoms with Gasteiger partial charge in [0.05, 0.1) is 17.7 Å². The van der Waals surface area contributed by atoms with E-state index in [9.17, 15) is 9.18 Å². The molecular formula is C18H19BrFNO2. The third-order valence-electron chi connectivity index (χ3n) is 3.25. The minimum atomic E-state index is -0.389. The lowest BCUT2D eigenvalue weighted by molar-refractivity contribution is 0.0939. The summed E-state index contributed by atoms with van der Waals surface area (Å²) in [5, 5.41) is 2.91. The molecule has 0 saturated heterocycles. The maximum absolute atomic E-state index is 13.1. The second-order valence-electron chi connectivity index (χ2n) is 5.56. The number of nitrogens with one attached hydrogen (secondary N) is 1. The Bertz CT molecular complexity index is 703. The first kappa shape index (κ1) is 17.5. The monoisotopic (exact) mass is 379 g/mol. The van der Waals surface area contributed by atoms with Gasteiger partial charge in [0.15, 0.2) is 0 Å². The first-order valence-electron chi connectivity index (χ1n) is 7.39. The van der Waals surface area contributed by atoms with Crippen LogP contribution in [-0.2, 0) is 0 Å². The Labute approximate surface area is 144 Å². The minimum absolute atomic E-state index is 0.0883. The van der Waals surface area contributed by atoms with E-state index in [4.69, 9.17) is 4.74 Å². The SMILES string of the molecule is CC(C)Oc1cccc(C(C)NC(=O)c2ccc(F)cc2Br)c1. The van der Waals surface area contributed by atoms with E-state index in [2.05, 4.69) is 21.2 Å². The molecule has 122 valence electrons. The van der Waals surface area contributed by atoms with Gasteiger partial charge in [-0.25, -0.2) is 4.39 Å². The maximum atomic E-state index is 13.1. The largest absolute Gasteiger partial charge is 0.491 e. The number of carbonyl (C=O) groups excluding carboxylic acids is 1. The Balaban J connectivity index is 2.12. The van der Waals surface area contributed by atoms with Gasteiger partial charge in [0.1, 0.15) is 11.6 Å². The number of ether oxygens (including phenoxy) is 1. The molecule has 0 heterocycles. The van der Waals surface area contributed by atoms with Crippen molar-refractivity contribution >= 4 is 21.8 Å². The molecule has 0 fully saturated rings. The van der Waals surface area contributed by atoms with Crippen LogP contribution in [0.25, 0.3) is 0 Å². The summed E-state index contributed by atoms with van der Waals surface area (Å²) < 4.78 is 19.2. The Morgan fingerprint density at radius 2 is 1.91 bits per heavy atom. The van der Waals surface area contributed by atoms with E-state index in [1.165, 1.54) is 18.2 Å². The van der Waals surface area contributed by atoms with Crippen molar-refractivity contribution in [3.05, 3.63) is 63.9 Å². The molecule has 0 radical (unpaired) electrons. The molecule has 0 aliphatic rings. The van der Waals surface area contributed by atoms with E-state index in [1.54, 1.807) is 0 Å². The number of carbonyl (C=O) groups is 1. The summed E-state index contributed by atoms with van der Waals surface area (Å²) in [4.78, 5) is 12.3. The fourth-order valence-electron chi connectivity index (χ4n) is 2.16. The fraction of sp³-hybridized carbons (Fsp3) is 0.278. The Hall–Kier alpha value is -1.88. The summed E-state index contributed by atoms with van der Waals surface area (Å²) in [7, 11) is 0. The number of rotatable bonds is 5. The lowest BCUT2D eigenvalue weighted by Gasteiger charge is -2.17. The molecule has 0 bridgehead atoms. The normalized spacial score (nSPS) is 12.1. The first-order valence-corrected chi connectivity index (χ1v) is 8.18. The summed E-state index contributed by atoms with van der Waals surface area (Å²) in [5.41, 5.74) is 1.34. The molecule has 1 unspecified atom stereocenters. The van der Waals surface area contributed by atoms with Crippen molar-refractivity contribution in [3.63, 3.8) is 0 Å². The van der Waals surface area contributed by atoms with Gasteiger partial charge < -0.3 is 10.1 Å². The molecular weight excluding hydrogens is 361 g/mol. The quantitative estimate of drug-likeness (QED) is 0.804. The Kier molecular flexibility index (Phi) is 5.77. The van der Waals surface area contributed by atoms with Gasteiger partial charge in [-0.2, -0.15) is 0 Å². The number of amides is 1. The third kappa shape index (κ3) is 4.79. The molecule has 0 aliphatic heterocycles. The highest BCUT2D eigenvalue weighted by atomic mass is 79.9. The summed E-state index contributed by atoms with van der Waals surface area (Å²) >= 11 is 3.21. The van der Waals surface area contributed by atoms with Crippen LogP contribution < -0.4 is 10.1 Å². The summed E-state index contributed by atoms with van der Waals surface area (Å²) in [5.74, 6) is 0.112. The van der Waals surface area contributed by atoms with Crippen molar-refractivity contribution in [2.75, 3.05) is 0 Å². The zero-order valence-electron chi connectivity index (χ0n) is 13.3. The fourth-order valence-corrected chi connectivity index (χ4v) is 2.69. The van der Waals surface area contributed by atoms with E-state index in [1.807, 2.05) is 45.0 Å². The molecule has 2 aromatic carbocycles. The molecule has 1 atom stereocenters. The van der Waals surface area contributed by atoms with Crippen molar-refractivity contribution < 1.29 is 13.9 Å². The third-order valence-corrected chi connectivity index (χ3v) is 3.91. The van der Waals surface area contributed by atoms with E-state index in [0.717, 1.165) is 11.3 Å². The molecule has 1 amide bonds. The summed E-state index contributed by atoms with van der Waals surface area (Å²) in [6.07, 6.45) is 0.0883. The Morgan fingerprint density at radius 3 is 2.57 bits per heavy atom. The number of benzene rings is 2. The highest BCUT2D eigenvalue weighted by Gasteiger charge is 2.15. The molecule has 23 heavy (non-hydrogen) atoms. The lowest BCUT2D eigenvalue weighted by Crippen LogP contribution is -2.27. The van der Waals surface area contributed by atoms with E-state index in [0.29, 0.717) is 10.0 Å². The number of hydrogen-bond donors (Lipinski definition) is 1. The van der Waals surface area contributed by atoms with Crippen molar-refractivity contribution in [3.8, 4) is 5.75 Å². The second kappa shape index (κ2) is 7.59. The molecule has 5 heteroatoms. The van der Waals surface area contributed by atoms with Gasteiger partial charge in [-0.05, 0) is 72.6 Å². The minimum Gasteiger partial charge on any atom is -0.491 e. The van der Waals surface area contributed by atoms with Crippen molar-refractivity contribution in [1.82, 2.24) is 5.32 Å². The van der Waals surface area contributed by atoms with Crippen LogP contribution in [0.2, 0.25) is 0 Å². The number of halogens is 2. The Morgan fingerprint density at radius 1 is 1.17 bits per heavy atom.